The van der Waals surface area contributed by atoms with E-state index in [-0.39, 0.29) is 11.8 Å². The number of nitrogens with two attached hydrogens (primary N) is 1. The number of hydrogen-bond acceptors (Lipinski definition) is 4. The Morgan fingerprint density at radius 1 is 1.17 bits per heavy atom. The quantitative estimate of drug-likeness (QED) is 0.837. The number of anilines is 1. The summed E-state index contributed by atoms with van der Waals surface area (Å²) in [4.78, 5) is 28.1. The average Bonchev–Trinajstić information content (AvgIpc) is 2.56. The topological polar surface area (TPSA) is 78.7 Å². The summed E-state index contributed by atoms with van der Waals surface area (Å²) < 4.78 is 0. The second-order valence-corrected chi connectivity index (χ2v) is 5.97. The molecule has 6 nitrogen and oxygen atoms in total. The Bertz CT molecular complexity index is 534. The van der Waals surface area contributed by atoms with Gasteiger partial charge in [0.05, 0.1) is 12.5 Å². The zero-order valence-corrected chi connectivity index (χ0v) is 13.9. The third-order valence-corrected chi connectivity index (χ3v) is 4.16. The van der Waals surface area contributed by atoms with Gasteiger partial charge in [-0.1, -0.05) is 19.1 Å². The third-order valence-electron chi connectivity index (χ3n) is 4.16. The van der Waals surface area contributed by atoms with Gasteiger partial charge in [0, 0.05) is 31.9 Å². The van der Waals surface area contributed by atoms with E-state index in [1.807, 2.05) is 17.0 Å². The van der Waals surface area contributed by atoms with Crippen molar-refractivity contribution in [1.82, 2.24) is 9.80 Å². The molecule has 6 heteroatoms. The molecule has 0 aliphatic carbocycles. The van der Waals surface area contributed by atoms with Gasteiger partial charge in [0.2, 0.25) is 11.8 Å². The van der Waals surface area contributed by atoms with Crippen LogP contribution in [-0.4, -0.2) is 60.4 Å². The van der Waals surface area contributed by atoms with Crippen LogP contribution in [0.2, 0.25) is 0 Å². The van der Waals surface area contributed by atoms with Gasteiger partial charge in [-0.15, -0.1) is 0 Å². The predicted octanol–water partition coefficient (Wildman–Crippen LogP) is 0.679. The Morgan fingerprint density at radius 3 is 2.30 bits per heavy atom. The molecule has 1 aliphatic heterocycles. The first kappa shape index (κ1) is 17.4. The molecule has 0 saturated carbocycles. The molecule has 0 unspecified atom stereocenters. The Labute approximate surface area is 137 Å². The van der Waals surface area contributed by atoms with Crippen LogP contribution in [0.3, 0.4) is 0 Å². The summed E-state index contributed by atoms with van der Waals surface area (Å²) in [5, 5.41) is 2.73. The number of nitrogens with one attached hydrogen (secondary N) is 1. The standard InChI is InChI=1S/C17H26N4O2/c1-3-20-8-10-21(11-9-20)16(22)12-14-4-6-15(7-5-14)19-17(23)13(2)18/h4-7,13H,3,8-12,18H2,1-2H3,(H,19,23)/t13-/m1/s1. The van der Waals surface area contributed by atoms with E-state index in [4.69, 9.17) is 5.73 Å². The summed E-state index contributed by atoms with van der Waals surface area (Å²) in [6.45, 7) is 8.32. The van der Waals surface area contributed by atoms with Crippen LogP contribution < -0.4 is 11.1 Å². The Morgan fingerprint density at radius 2 is 1.78 bits per heavy atom. The molecule has 1 aromatic carbocycles. The van der Waals surface area contributed by atoms with Gasteiger partial charge in [0.15, 0.2) is 0 Å². The first-order chi connectivity index (χ1) is 11.0. The molecule has 23 heavy (non-hydrogen) atoms. The lowest BCUT2D eigenvalue weighted by Gasteiger charge is -2.34. The molecule has 2 amide bonds. The zero-order valence-electron chi connectivity index (χ0n) is 13.9. The van der Waals surface area contributed by atoms with Crippen molar-refractivity contribution in [2.24, 2.45) is 5.73 Å². The number of piperazine rings is 1. The first-order valence-corrected chi connectivity index (χ1v) is 8.15. The molecule has 0 aromatic heterocycles. The highest BCUT2D eigenvalue weighted by atomic mass is 16.2. The minimum atomic E-state index is -0.543. The maximum atomic E-state index is 12.3. The van der Waals surface area contributed by atoms with Gasteiger partial charge in [-0.2, -0.15) is 0 Å². The lowest BCUT2D eigenvalue weighted by atomic mass is 10.1. The molecule has 1 fully saturated rings. The monoisotopic (exact) mass is 318 g/mol. The third kappa shape index (κ3) is 5.04. The van der Waals surface area contributed by atoms with E-state index in [1.165, 1.54) is 0 Å². The lowest BCUT2D eigenvalue weighted by molar-refractivity contribution is -0.132. The average molecular weight is 318 g/mol. The van der Waals surface area contributed by atoms with Crippen LogP contribution in [0.4, 0.5) is 5.69 Å². The minimum absolute atomic E-state index is 0.160. The molecule has 3 N–H and O–H groups in total. The van der Waals surface area contributed by atoms with E-state index in [0.717, 1.165) is 38.3 Å². The highest BCUT2D eigenvalue weighted by Gasteiger charge is 2.20. The van der Waals surface area contributed by atoms with Crippen molar-refractivity contribution in [3.05, 3.63) is 29.8 Å². The van der Waals surface area contributed by atoms with E-state index in [1.54, 1.807) is 19.1 Å². The van der Waals surface area contributed by atoms with Crippen LogP contribution in [0, 0.1) is 0 Å². The smallest absolute Gasteiger partial charge is 0.240 e. The number of hydrogen-bond donors (Lipinski definition) is 2. The van der Waals surface area contributed by atoms with Gasteiger partial charge in [-0.25, -0.2) is 0 Å². The van der Waals surface area contributed by atoms with Crippen LogP contribution >= 0.6 is 0 Å². The molecule has 126 valence electrons. The number of amides is 2. The van der Waals surface area contributed by atoms with Gasteiger partial charge in [0.25, 0.3) is 0 Å². The minimum Gasteiger partial charge on any atom is -0.340 e. The van der Waals surface area contributed by atoms with E-state index < -0.39 is 6.04 Å². The Hall–Kier alpha value is -1.92. The second kappa shape index (κ2) is 8.08. The summed E-state index contributed by atoms with van der Waals surface area (Å²) in [7, 11) is 0. The lowest BCUT2D eigenvalue weighted by Crippen LogP contribution is -2.48. The fourth-order valence-corrected chi connectivity index (χ4v) is 2.56. The Balaban J connectivity index is 1.86. The van der Waals surface area contributed by atoms with Crippen molar-refractivity contribution >= 4 is 17.5 Å². The molecule has 0 spiro atoms. The van der Waals surface area contributed by atoms with Crippen LogP contribution in [0.15, 0.2) is 24.3 Å². The van der Waals surface area contributed by atoms with Crippen LogP contribution in [0.25, 0.3) is 0 Å². The molecule has 0 radical (unpaired) electrons. The molecule has 1 heterocycles. The fourth-order valence-electron chi connectivity index (χ4n) is 2.56. The predicted molar refractivity (Wildman–Crippen MR) is 91.1 cm³/mol. The summed E-state index contributed by atoms with van der Waals surface area (Å²) in [6.07, 6.45) is 0.396. The van der Waals surface area contributed by atoms with E-state index in [0.29, 0.717) is 12.1 Å². The zero-order chi connectivity index (χ0) is 16.8. The highest BCUT2D eigenvalue weighted by molar-refractivity contribution is 5.94. The molecule has 1 atom stereocenters. The fraction of sp³-hybridized carbons (Fsp3) is 0.529. The second-order valence-electron chi connectivity index (χ2n) is 5.97. The molecular formula is C17H26N4O2. The molecular weight excluding hydrogens is 292 g/mol. The number of benzene rings is 1. The van der Waals surface area contributed by atoms with Crippen molar-refractivity contribution in [2.75, 3.05) is 38.0 Å². The Kier molecular flexibility index (Phi) is 6.12. The molecule has 1 aromatic rings. The summed E-state index contributed by atoms with van der Waals surface area (Å²) >= 11 is 0. The van der Waals surface area contributed by atoms with Crippen LogP contribution in [0.5, 0.6) is 0 Å². The maximum Gasteiger partial charge on any atom is 0.240 e. The number of carbonyl (C=O) groups is 2. The molecule has 1 saturated heterocycles. The number of likely N-dealkylation sites (N-methyl/N-ethyl adjacent to an activating group) is 1. The highest BCUT2D eigenvalue weighted by Crippen LogP contribution is 2.12. The summed E-state index contributed by atoms with van der Waals surface area (Å²) in [5.74, 6) is -0.0595. The number of carbonyl (C=O) groups excluding carboxylic acids is 2. The summed E-state index contributed by atoms with van der Waals surface area (Å²) in [5.41, 5.74) is 7.16. The number of nitrogens with zero attached hydrogens (tertiary/aromatic N) is 2. The van der Waals surface area contributed by atoms with Crippen molar-refractivity contribution in [3.8, 4) is 0 Å². The van der Waals surface area contributed by atoms with Gasteiger partial charge in [-0.05, 0) is 31.2 Å². The summed E-state index contributed by atoms with van der Waals surface area (Å²) in [6, 6.07) is 6.81. The van der Waals surface area contributed by atoms with Crippen molar-refractivity contribution < 1.29 is 9.59 Å². The van der Waals surface area contributed by atoms with Crippen molar-refractivity contribution in [3.63, 3.8) is 0 Å². The largest absolute Gasteiger partial charge is 0.340 e. The number of rotatable bonds is 5. The van der Waals surface area contributed by atoms with Crippen LogP contribution in [-0.2, 0) is 16.0 Å². The van der Waals surface area contributed by atoms with E-state index >= 15 is 0 Å². The SMILES string of the molecule is CCN1CCN(C(=O)Cc2ccc(NC(=O)[C@@H](C)N)cc2)CC1. The van der Waals surface area contributed by atoms with E-state index in [9.17, 15) is 9.59 Å². The van der Waals surface area contributed by atoms with Crippen molar-refractivity contribution in [2.45, 2.75) is 26.3 Å². The maximum absolute atomic E-state index is 12.3. The van der Waals surface area contributed by atoms with Gasteiger partial charge in [-0.3, -0.25) is 9.59 Å². The first-order valence-electron chi connectivity index (χ1n) is 8.15. The molecule has 2 rings (SSSR count). The van der Waals surface area contributed by atoms with Gasteiger partial charge in [0.1, 0.15) is 0 Å². The van der Waals surface area contributed by atoms with Gasteiger partial charge >= 0.3 is 0 Å². The normalized spacial score (nSPS) is 16.9. The van der Waals surface area contributed by atoms with Crippen LogP contribution in [0.1, 0.15) is 19.4 Å². The van der Waals surface area contributed by atoms with E-state index in [2.05, 4.69) is 17.1 Å². The van der Waals surface area contributed by atoms with Crippen molar-refractivity contribution in [1.29, 1.82) is 0 Å². The molecule has 1 aliphatic rings. The molecule has 0 bridgehead atoms. The van der Waals surface area contributed by atoms with Gasteiger partial charge < -0.3 is 20.9 Å².